The number of halogens is 1. The van der Waals surface area contributed by atoms with E-state index in [-0.39, 0.29) is 12.4 Å². The summed E-state index contributed by atoms with van der Waals surface area (Å²) in [6.45, 7) is 1.83. The Morgan fingerprint density at radius 3 is 2.61 bits per heavy atom. The lowest BCUT2D eigenvalue weighted by atomic mass is 10.2. The fourth-order valence-corrected chi connectivity index (χ4v) is 1.28. The Morgan fingerprint density at radius 1 is 1.22 bits per heavy atom. The highest BCUT2D eigenvalue weighted by Crippen LogP contribution is 2.00. The zero-order chi connectivity index (χ0) is 12.3. The molecule has 0 aliphatic carbocycles. The molecule has 0 fully saturated rings. The third kappa shape index (κ3) is 8.71. The Bertz CT molecular complexity index is 393. The molecule has 0 N–H and O–H groups in total. The van der Waals surface area contributed by atoms with E-state index in [0.29, 0.717) is 0 Å². The van der Waals surface area contributed by atoms with E-state index in [0.717, 1.165) is 25.1 Å². The van der Waals surface area contributed by atoms with E-state index in [1.165, 1.54) is 0 Å². The minimum atomic E-state index is 0. The van der Waals surface area contributed by atoms with Gasteiger partial charge in [0.2, 0.25) is 0 Å². The average Bonchev–Trinajstić information content (AvgIpc) is 2.33. The minimum absolute atomic E-state index is 0. The molecular formula is C14H20ClN3. The maximum Gasteiger partial charge on any atom is 0.0942 e. The third-order valence-corrected chi connectivity index (χ3v) is 2.14. The second-order valence-electron chi connectivity index (χ2n) is 3.99. The van der Waals surface area contributed by atoms with Crippen LogP contribution in [-0.2, 0) is 0 Å². The van der Waals surface area contributed by atoms with Crippen molar-refractivity contribution in [3.05, 3.63) is 42.1 Å². The van der Waals surface area contributed by atoms with E-state index in [2.05, 4.69) is 35.0 Å². The van der Waals surface area contributed by atoms with Crippen molar-refractivity contribution in [1.29, 1.82) is 0 Å². The van der Waals surface area contributed by atoms with Gasteiger partial charge in [-0.3, -0.25) is 0 Å². The van der Waals surface area contributed by atoms with Gasteiger partial charge in [-0.05, 0) is 38.7 Å². The van der Waals surface area contributed by atoms with Crippen LogP contribution in [0, 0.1) is 0 Å². The van der Waals surface area contributed by atoms with Gasteiger partial charge in [-0.2, -0.15) is 4.99 Å². The summed E-state index contributed by atoms with van der Waals surface area (Å²) >= 11 is 0. The molecule has 0 saturated carbocycles. The Morgan fingerprint density at radius 2 is 1.94 bits per heavy atom. The lowest BCUT2D eigenvalue weighted by Crippen LogP contribution is -2.13. The standard InChI is InChI=1S/C14H19N3.ClH/c1-17(2)12-6-10-15-13-16-11-9-14-7-4-3-5-8-14;/h3-5,7-9,11H,6,10,12H2,1-2H3;1H. The van der Waals surface area contributed by atoms with Crippen molar-refractivity contribution < 1.29 is 0 Å². The minimum Gasteiger partial charge on any atom is -0.309 e. The quantitative estimate of drug-likeness (QED) is 0.573. The molecule has 98 valence electrons. The van der Waals surface area contributed by atoms with Crippen LogP contribution in [0.3, 0.4) is 0 Å². The summed E-state index contributed by atoms with van der Waals surface area (Å²) in [4.78, 5) is 10.2. The van der Waals surface area contributed by atoms with Crippen LogP contribution in [0.1, 0.15) is 12.0 Å². The first kappa shape index (κ1) is 16.6. The molecule has 3 nitrogen and oxygen atoms in total. The summed E-state index contributed by atoms with van der Waals surface area (Å²) in [6, 6.07) is 12.7. The smallest absolute Gasteiger partial charge is 0.0942 e. The molecule has 1 aromatic rings. The summed E-state index contributed by atoms with van der Waals surface area (Å²) in [6.07, 6.45) is 4.69. The van der Waals surface area contributed by atoms with Crippen molar-refractivity contribution in [2.24, 2.45) is 9.98 Å². The first-order valence-corrected chi connectivity index (χ1v) is 5.76. The molecule has 0 radical (unpaired) electrons. The van der Waals surface area contributed by atoms with Crippen LogP contribution in [-0.4, -0.2) is 38.1 Å². The fourth-order valence-electron chi connectivity index (χ4n) is 1.28. The van der Waals surface area contributed by atoms with Crippen molar-refractivity contribution in [3.8, 4) is 0 Å². The molecule has 0 spiro atoms. The highest BCUT2D eigenvalue weighted by atomic mass is 35.5. The van der Waals surface area contributed by atoms with Gasteiger partial charge in [-0.25, -0.2) is 4.99 Å². The molecule has 0 aliphatic heterocycles. The Hall–Kier alpha value is -1.41. The predicted molar refractivity (Wildman–Crippen MR) is 80.6 cm³/mol. The van der Waals surface area contributed by atoms with Crippen LogP contribution >= 0.6 is 12.4 Å². The van der Waals surface area contributed by atoms with Gasteiger partial charge in [0, 0.05) is 6.20 Å². The highest BCUT2D eigenvalue weighted by molar-refractivity contribution is 5.85. The van der Waals surface area contributed by atoms with E-state index in [1.54, 1.807) is 6.20 Å². The van der Waals surface area contributed by atoms with Gasteiger partial charge in [-0.1, -0.05) is 30.3 Å². The van der Waals surface area contributed by atoms with Crippen molar-refractivity contribution in [3.63, 3.8) is 0 Å². The number of hydrogen-bond acceptors (Lipinski definition) is 3. The van der Waals surface area contributed by atoms with Crippen molar-refractivity contribution in [1.82, 2.24) is 4.90 Å². The van der Waals surface area contributed by atoms with Gasteiger partial charge in [0.15, 0.2) is 0 Å². The zero-order valence-corrected chi connectivity index (χ0v) is 11.7. The zero-order valence-electron chi connectivity index (χ0n) is 10.9. The molecule has 0 atom stereocenters. The summed E-state index contributed by atoms with van der Waals surface area (Å²) in [5.41, 5.74) is 1.13. The van der Waals surface area contributed by atoms with Crippen molar-refractivity contribution in [2.45, 2.75) is 6.42 Å². The van der Waals surface area contributed by atoms with E-state index in [1.807, 2.05) is 36.4 Å². The number of nitrogens with zero attached hydrogens (tertiary/aromatic N) is 3. The molecule has 0 aromatic heterocycles. The van der Waals surface area contributed by atoms with Crippen LogP contribution < -0.4 is 0 Å². The Labute approximate surface area is 115 Å². The average molecular weight is 266 g/mol. The van der Waals surface area contributed by atoms with Gasteiger partial charge >= 0.3 is 0 Å². The SMILES string of the molecule is CN(C)CCCN=C=NC=Cc1ccccc1.Cl. The topological polar surface area (TPSA) is 28.0 Å². The summed E-state index contributed by atoms with van der Waals surface area (Å²) in [7, 11) is 4.11. The van der Waals surface area contributed by atoms with Gasteiger partial charge < -0.3 is 4.90 Å². The maximum atomic E-state index is 4.08. The van der Waals surface area contributed by atoms with Gasteiger partial charge in [0.1, 0.15) is 0 Å². The molecule has 18 heavy (non-hydrogen) atoms. The largest absolute Gasteiger partial charge is 0.309 e. The Balaban J connectivity index is 0.00000289. The van der Waals surface area contributed by atoms with Crippen molar-refractivity contribution >= 4 is 24.5 Å². The van der Waals surface area contributed by atoms with Gasteiger partial charge in [0.05, 0.1) is 12.6 Å². The molecule has 0 amide bonds. The normalized spacial score (nSPS) is 9.94. The number of hydrogen-bond donors (Lipinski definition) is 0. The Kier molecular flexibility index (Phi) is 9.89. The number of rotatable bonds is 6. The molecule has 0 aliphatic rings. The molecule has 0 saturated heterocycles. The van der Waals surface area contributed by atoms with E-state index >= 15 is 0 Å². The molecule has 0 heterocycles. The molecular weight excluding hydrogens is 246 g/mol. The lowest BCUT2D eigenvalue weighted by molar-refractivity contribution is 0.403. The molecule has 0 unspecified atom stereocenters. The fraction of sp³-hybridized carbons (Fsp3) is 0.357. The lowest BCUT2D eigenvalue weighted by Gasteiger charge is -2.05. The van der Waals surface area contributed by atoms with Crippen LogP contribution in [0.15, 0.2) is 46.5 Å². The monoisotopic (exact) mass is 265 g/mol. The van der Waals surface area contributed by atoms with Crippen LogP contribution in [0.25, 0.3) is 6.08 Å². The van der Waals surface area contributed by atoms with Crippen LogP contribution in [0.2, 0.25) is 0 Å². The summed E-state index contributed by atoms with van der Waals surface area (Å²) in [5, 5.41) is 0. The predicted octanol–water partition coefficient (Wildman–Crippen LogP) is 3.20. The van der Waals surface area contributed by atoms with Crippen molar-refractivity contribution in [2.75, 3.05) is 27.2 Å². The first-order chi connectivity index (χ1) is 8.29. The van der Waals surface area contributed by atoms with E-state index < -0.39 is 0 Å². The second kappa shape index (κ2) is 10.7. The summed E-state index contributed by atoms with van der Waals surface area (Å²) in [5.74, 6) is 0. The molecule has 0 bridgehead atoms. The van der Waals surface area contributed by atoms with Gasteiger partial charge in [-0.15, -0.1) is 12.4 Å². The van der Waals surface area contributed by atoms with E-state index in [9.17, 15) is 0 Å². The van der Waals surface area contributed by atoms with Gasteiger partial charge in [0.25, 0.3) is 0 Å². The molecule has 1 rings (SSSR count). The van der Waals surface area contributed by atoms with Crippen LogP contribution in [0.5, 0.6) is 0 Å². The summed E-state index contributed by atoms with van der Waals surface area (Å²) < 4.78 is 0. The number of aliphatic imine (C=N–C) groups is 2. The maximum absolute atomic E-state index is 4.08. The third-order valence-electron chi connectivity index (χ3n) is 2.14. The van der Waals surface area contributed by atoms with Crippen LogP contribution in [0.4, 0.5) is 0 Å². The second-order valence-corrected chi connectivity index (χ2v) is 3.99. The highest BCUT2D eigenvalue weighted by Gasteiger charge is 1.86. The molecule has 4 heteroatoms. The number of benzene rings is 1. The molecule has 1 aromatic carbocycles. The van der Waals surface area contributed by atoms with E-state index in [4.69, 9.17) is 0 Å². The first-order valence-electron chi connectivity index (χ1n) is 5.76.